The Morgan fingerprint density at radius 2 is 2.33 bits per heavy atom. The Labute approximate surface area is 71.1 Å². The van der Waals surface area contributed by atoms with Crippen molar-refractivity contribution in [2.45, 2.75) is 19.9 Å². The highest BCUT2D eigenvalue weighted by Gasteiger charge is 2.16. The molecule has 0 unspecified atom stereocenters. The molecule has 0 saturated carbocycles. The van der Waals surface area contributed by atoms with Gasteiger partial charge >= 0.3 is 0 Å². The SMILES string of the molecule is CC(C)N(C)C(=O)c1ccno1. The Morgan fingerprint density at radius 3 is 2.75 bits per heavy atom. The van der Waals surface area contributed by atoms with E-state index in [0.29, 0.717) is 0 Å². The number of hydrogen-bond donors (Lipinski definition) is 0. The standard InChI is InChI=1S/C8H12N2O2/c1-6(2)10(3)8(11)7-4-5-9-12-7/h4-6H,1-3H3. The fraction of sp³-hybridized carbons (Fsp3) is 0.500. The smallest absolute Gasteiger partial charge is 0.292 e. The van der Waals surface area contributed by atoms with Crippen molar-refractivity contribution >= 4 is 5.91 Å². The quantitative estimate of drug-likeness (QED) is 0.665. The molecule has 1 aromatic heterocycles. The van der Waals surface area contributed by atoms with Crippen LogP contribution in [-0.4, -0.2) is 29.1 Å². The molecule has 1 heterocycles. The third-order valence-electron chi connectivity index (χ3n) is 1.74. The molecule has 4 nitrogen and oxygen atoms in total. The minimum absolute atomic E-state index is 0.137. The first kappa shape index (κ1) is 8.77. The summed E-state index contributed by atoms with van der Waals surface area (Å²) in [5, 5.41) is 3.46. The average Bonchev–Trinajstić information content (AvgIpc) is 2.53. The lowest BCUT2D eigenvalue weighted by Gasteiger charge is -2.19. The van der Waals surface area contributed by atoms with Crippen molar-refractivity contribution in [3.05, 3.63) is 18.0 Å². The zero-order valence-electron chi connectivity index (χ0n) is 7.44. The van der Waals surface area contributed by atoms with Crippen LogP contribution in [0.2, 0.25) is 0 Å². The van der Waals surface area contributed by atoms with Crippen molar-refractivity contribution in [3.63, 3.8) is 0 Å². The molecule has 0 fully saturated rings. The van der Waals surface area contributed by atoms with E-state index in [9.17, 15) is 4.79 Å². The second kappa shape index (κ2) is 3.38. The van der Waals surface area contributed by atoms with Crippen LogP contribution in [0.25, 0.3) is 0 Å². The van der Waals surface area contributed by atoms with E-state index < -0.39 is 0 Å². The largest absolute Gasteiger partial charge is 0.351 e. The van der Waals surface area contributed by atoms with E-state index in [4.69, 9.17) is 4.52 Å². The minimum Gasteiger partial charge on any atom is -0.351 e. The fourth-order valence-corrected chi connectivity index (χ4v) is 0.734. The summed E-state index contributed by atoms with van der Waals surface area (Å²) in [7, 11) is 1.73. The summed E-state index contributed by atoms with van der Waals surface area (Å²) in [5.74, 6) is 0.147. The van der Waals surface area contributed by atoms with E-state index in [2.05, 4.69) is 5.16 Å². The van der Waals surface area contributed by atoms with E-state index in [1.165, 1.54) is 6.20 Å². The number of nitrogens with zero attached hydrogens (tertiary/aromatic N) is 2. The van der Waals surface area contributed by atoms with Gasteiger partial charge in [-0.05, 0) is 13.8 Å². The lowest BCUT2D eigenvalue weighted by molar-refractivity contribution is 0.0713. The van der Waals surface area contributed by atoms with Crippen LogP contribution in [0.4, 0.5) is 0 Å². The molecule has 0 spiro atoms. The van der Waals surface area contributed by atoms with Gasteiger partial charge in [-0.1, -0.05) is 5.16 Å². The van der Waals surface area contributed by atoms with Crippen LogP contribution in [0.3, 0.4) is 0 Å². The van der Waals surface area contributed by atoms with Gasteiger partial charge in [0.05, 0.1) is 6.20 Å². The van der Waals surface area contributed by atoms with Crippen LogP contribution in [0.15, 0.2) is 16.8 Å². The van der Waals surface area contributed by atoms with Crippen LogP contribution in [-0.2, 0) is 0 Å². The van der Waals surface area contributed by atoms with Crippen LogP contribution in [0, 0.1) is 0 Å². The number of carbonyl (C=O) groups is 1. The van der Waals surface area contributed by atoms with E-state index in [1.807, 2.05) is 13.8 Å². The van der Waals surface area contributed by atoms with Gasteiger partial charge in [0.25, 0.3) is 5.91 Å². The van der Waals surface area contributed by atoms with Crippen LogP contribution in [0.5, 0.6) is 0 Å². The molecule has 1 aromatic rings. The van der Waals surface area contributed by atoms with E-state index in [1.54, 1.807) is 18.0 Å². The lowest BCUT2D eigenvalue weighted by Crippen LogP contribution is -2.32. The van der Waals surface area contributed by atoms with Gasteiger partial charge in [-0.25, -0.2) is 0 Å². The van der Waals surface area contributed by atoms with Crippen molar-refractivity contribution in [1.29, 1.82) is 0 Å². The number of carbonyl (C=O) groups excluding carboxylic acids is 1. The highest BCUT2D eigenvalue weighted by Crippen LogP contribution is 2.04. The van der Waals surface area contributed by atoms with Crippen molar-refractivity contribution in [3.8, 4) is 0 Å². The molecule has 4 heteroatoms. The Balaban J connectivity index is 2.72. The highest BCUT2D eigenvalue weighted by atomic mass is 16.5. The molecule has 0 aromatic carbocycles. The fourth-order valence-electron chi connectivity index (χ4n) is 0.734. The summed E-state index contributed by atoms with van der Waals surface area (Å²) in [6, 6.07) is 1.73. The lowest BCUT2D eigenvalue weighted by atomic mass is 10.3. The summed E-state index contributed by atoms with van der Waals surface area (Å²) in [5.41, 5.74) is 0. The van der Waals surface area contributed by atoms with Gasteiger partial charge in [-0.3, -0.25) is 4.79 Å². The summed E-state index contributed by atoms with van der Waals surface area (Å²) in [4.78, 5) is 13.0. The Hall–Kier alpha value is -1.32. The van der Waals surface area contributed by atoms with E-state index in [0.717, 1.165) is 0 Å². The van der Waals surface area contributed by atoms with Crippen molar-refractivity contribution in [2.75, 3.05) is 7.05 Å². The summed E-state index contributed by atoms with van der Waals surface area (Å²) < 4.78 is 4.73. The molecule has 0 saturated heterocycles. The Kier molecular flexibility index (Phi) is 2.47. The number of aromatic nitrogens is 1. The minimum atomic E-state index is -0.137. The summed E-state index contributed by atoms with van der Waals surface area (Å²) in [6.45, 7) is 3.88. The highest BCUT2D eigenvalue weighted by molar-refractivity contribution is 5.91. The van der Waals surface area contributed by atoms with Gasteiger partial charge in [-0.15, -0.1) is 0 Å². The van der Waals surface area contributed by atoms with Crippen LogP contribution in [0.1, 0.15) is 24.4 Å². The van der Waals surface area contributed by atoms with E-state index >= 15 is 0 Å². The van der Waals surface area contributed by atoms with Gasteiger partial charge in [0.2, 0.25) is 5.76 Å². The molecule has 66 valence electrons. The molecular weight excluding hydrogens is 156 g/mol. The number of rotatable bonds is 2. The summed E-state index contributed by atoms with van der Waals surface area (Å²) in [6.07, 6.45) is 1.46. The molecule has 0 radical (unpaired) electrons. The normalized spacial score (nSPS) is 10.3. The van der Waals surface area contributed by atoms with Crippen LogP contribution >= 0.6 is 0 Å². The Morgan fingerprint density at radius 1 is 1.67 bits per heavy atom. The van der Waals surface area contributed by atoms with Gasteiger partial charge in [0.15, 0.2) is 0 Å². The van der Waals surface area contributed by atoms with Crippen molar-refractivity contribution in [2.24, 2.45) is 0 Å². The monoisotopic (exact) mass is 168 g/mol. The molecule has 0 atom stereocenters. The Bertz CT molecular complexity index is 254. The predicted octanol–water partition coefficient (Wildman–Crippen LogP) is 1.16. The first-order valence-corrected chi connectivity index (χ1v) is 3.80. The first-order chi connectivity index (χ1) is 5.63. The van der Waals surface area contributed by atoms with Crippen LogP contribution < -0.4 is 0 Å². The maximum Gasteiger partial charge on any atom is 0.292 e. The molecular formula is C8H12N2O2. The molecule has 1 rings (SSSR count). The van der Waals surface area contributed by atoms with E-state index in [-0.39, 0.29) is 17.7 Å². The molecule has 0 bridgehead atoms. The van der Waals surface area contributed by atoms with Crippen molar-refractivity contribution < 1.29 is 9.32 Å². The third kappa shape index (κ3) is 1.64. The molecule has 0 aliphatic heterocycles. The molecule has 0 N–H and O–H groups in total. The van der Waals surface area contributed by atoms with Gasteiger partial charge in [0.1, 0.15) is 0 Å². The second-order valence-corrected chi connectivity index (χ2v) is 2.89. The topological polar surface area (TPSA) is 46.3 Å². The zero-order chi connectivity index (χ0) is 9.14. The third-order valence-corrected chi connectivity index (χ3v) is 1.74. The predicted molar refractivity (Wildman–Crippen MR) is 43.7 cm³/mol. The maximum absolute atomic E-state index is 11.4. The molecule has 0 aliphatic rings. The number of amides is 1. The number of hydrogen-bond acceptors (Lipinski definition) is 3. The zero-order valence-corrected chi connectivity index (χ0v) is 7.44. The maximum atomic E-state index is 11.4. The molecule has 1 amide bonds. The summed E-state index contributed by atoms with van der Waals surface area (Å²) >= 11 is 0. The van der Waals surface area contributed by atoms with Crippen molar-refractivity contribution in [1.82, 2.24) is 10.1 Å². The average molecular weight is 168 g/mol. The van der Waals surface area contributed by atoms with Gasteiger partial charge in [0, 0.05) is 19.2 Å². The van der Waals surface area contributed by atoms with Gasteiger partial charge in [-0.2, -0.15) is 0 Å². The van der Waals surface area contributed by atoms with Gasteiger partial charge < -0.3 is 9.42 Å². The molecule has 12 heavy (non-hydrogen) atoms. The molecule has 0 aliphatic carbocycles. The second-order valence-electron chi connectivity index (χ2n) is 2.89. The first-order valence-electron chi connectivity index (χ1n) is 3.80.